The maximum absolute atomic E-state index is 13.0. The van der Waals surface area contributed by atoms with Gasteiger partial charge in [-0.15, -0.1) is 11.3 Å². The fourth-order valence-electron chi connectivity index (χ4n) is 3.21. The van der Waals surface area contributed by atoms with Crippen molar-refractivity contribution in [3.05, 3.63) is 65.1 Å². The lowest BCUT2D eigenvalue weighted by molar-refractivity contribution is -0.139. The summed E-state index contributed by atoms with van der Waals surface area (Å²) in [5.41, 5.74) is 12.3. The minimum Gasteiger partial charge on any atom is -0.480 e. The Bertz CT molecular complexity index is 1260. The topological polar surface area (TPSA) is 190 Å². The van der Waals surface area contributed by atoms with E-state index in [1.165, 1.54) is 18.2 Å². The lowest BCUT2D eigenvalue weighted by atomic mass is 10.1. The zero-order valence-corrected chi connectivity index (χ0v) is 20.2. The van der Waals surface area contributed by atoms with Gasteiger partial charge in [-0.25, -0.2) is 13.2 Å². The number of carbonyl (C=O) groups is 2. The smallest absolute Gasteiger partial charge is 0.326 e. The Labute approximate surface area is 206 Å². The number of aromatic nitrogens is 1. The first-order chi connectivity index (χ1) is 16.7. The van der Waals surface area contributed by atoms with Gasteiger partial charge in [0.2, 0.25) is 0 Å². The lowest BCUT2D eigenvalue weighted by Crippen LogP contribution is -2.46. The summed E-state index contributed by atoms with van der Waals surface area (Å²) in [5, 5.41) is 16.2. The van der Waals surface area contributed by atoms with Crippen LogP contribution in [0.1, 0.15) is 22.5 Å². The number of nitrogens with zero attached hydrogens (tertiary/aromatic N) is 1. The molecule has 1 atom stereocenters. The molecule has 0 bridgehead atoms. The van der Waals surface area contributed by atoms with Crippen molar-refractivity contribution < 1.29 is 23.1 Å². The number of amides is 1. The van der Waals surface area contributed by atoms with E-state index in [1.54, 1.807) is 42.0 Å². The van der Waals surface area contributed by atoms with Crippen molar-refractivity contribution in [2.45, 2.75) is 30.1 Å². The molecule has 186 valence electrons. The van der Waals surface area contributed by atoms with Gasteiger partial charge in [-0.3, -0.25) is 19.8 Å². The summed E-state index contributed by atoms with van der Waals surface area (Å²) in [6, 6.07) is 10.2. The summed E-state index contributed by atoms with van der Waals surface area (Å²) in [6.45, 7) is 0.375. The molecule has 2 heterocycles. The number of pyridine rings is 1. The van der Waals surface area contributed by atoms with Crippen LogP contribution in [-0.4, -0.2) is 49.3 Å². The number of benzene rings is 1. The minimum absolute atomic E-state index is 0.0124. The van der Waals surface area contributed by atoms with E-state index < -0.39 is 34.2 Å². The number of aliphatic carboxylic acids is 1. The molecule has 0 spiro atoms. The van der Waals surface area contributed by atoms with Gasteiger partial charge >= 0.3 is 5.97 Å². The first-order valence-electron chi connectivity index (χ1n) is 10.6. The molecular formula is C22H26N6O5S2. The van der Waals surface area contributed by atoms with E-state index in [1.807, 2.05) is 0 Å². The van der Waals surface area contributed by atoms with Crippen molar-refractivity contribution in [1.82, 2.24) is 15.6 Å². The van der Waals surface area contributed by atoms with Crippen molar-refractivity contribution in [1.29, 1.82) is 0 Å². The van der Waals surface area contributed by atoms with Gasteiger partial charge in [0.25, 0.3) is 15.9 Å². The monoisotopic (exact) mass is 518 g/mol. The summed E-state index contributed by atoms with van der Waals surface area (Å²) in [7, 11) is -4.03. The highest BCUT2D eigenvalue weighted by Gasteiger charge is 2.25. The van der Waals surface area contributed by atoms with Crippen LogP contribution in [0.25, 0.3) is 11.1 Å². The number of sulfonamides is 1. The first-order valence-corrected chi connectivity index (χ1v) is 12.9. The number of nitrogens with one attached hydrogen (secondary N) is 3. The largest absolute Gasteiger partial charge is 0.480 e. The summed E-state index contributed by atoms with van der Waals surface area (Å²) in [6.07, 6.45) is 3.03. The molecule has 11 nitrogen and oxygen atoms in total. The number of rotatable bonds is 12. The van der Waals surface area contributed by atoms with Crippen LogP contribution in [0.4, 0.5) is 5.69 Å². The fourth-order valence-corrected chi connectivity index (χ4v) is 5.15. The molecule has 8 N–H and O–H groups in total. The van der Waals surface area contributed by atoms with E-state index in [9.17, 15) is 23.1 Å². The van der Waals surface area contributed by atoms with Crippen LogP contribution >= 0.6 is 11.3 Å². The predicted molar refractivity (Wildman–Crippen MR) is 133 cm³/mol. The predicted octanol–water partition coefficient (Wildman–Crippen LogP) is 1.36. The molecule has 0 unspecified atom stereocenters. The van der Waals surface area contributed by atoms with Crippen molar-refractivity contribution in [3.63, 3.8) is 0 Å². The van der Waals surface area contributed by atoms with Gasteiger partial charge in [0.1, 0.15) is 17.2 Å². The Morgan fingerprint density at radius 2 is 1.83 bits per heavy atom. The van der Waals surface area contributed by atoms with E-state index in [2.05, 4.69) is 20.3 Å². The third-order valence-electron chi connectivity index (χ3n) is 4.93. The second-order valence-electron chi connectivity index (χ2n) is 7.52. The van der Waals surface area contributed by atoms with Gasteiger partial charge in [0, 0.05) is 12.4 Å². The molecule has 0 aliphatic heterocycles. The van der Waals surface area contributed by atoms with Crippen molar-refractivity contribution in [3.8, 4) is 11.1 Å². The van der Waals surface area contributed by atoms with E-state index in [4.69, 9.17) is 11.5 Å². The van der Waals surface area contributed by atoms with Gasteiger partial charge < -0.3 is 21.9 Å². The first kappa shape index (κ1) is 26.2. The van der Waals surface area contributed by atoms with Gasteiger partial charge in [-0.05, 0) is 66.2 Å². The average Bonchev–Trinajstić information content (AvgIpc) is 3.29. The zero-order valence-electron chi connectivity index (χ0n) is 18.5. The Morgan fingerprint density at radius 1 is 1.09 bits per heavy atom. The number of nitrogens with two attached hydrogens (primary N) is 2. The quantitative estimate of drug-likeness (QED) is 0.152. The number of hydrogen-bond donors (Lipinski definition) is 6. The van der Waals surface area contributed by atoms with Gasteiger partial charge in [0.15, 0.2) is 0 Å². The Kier molecular flexibility index (Phi) is 8.89. The van der Waals surface area contributed by atoms with Crippen molar-refractivity contribution >= 4 is 38.9 Å². The van der Waals surface area contributed by atoms with E-state index in [0.29, 0.717) is 18.5 Å². The zero-order chi connectivity index (χ0) is 25.4. The highest BCUT2D eigenvalue weighted by molar-refractivity contribution is 7.92. The standard InChI is InChI=1S/C22H26N6O5S2/c23-22(24)26-9-2-5-18(21(30)31)27-20(29)19-17(8-12-34-19)28-35(32,33)16-4-1-3-15(13-16)14-6-10-25-11-7-14/h1,3-4,6-8,10-13,18,22,26,28H,2,5,9,23-24H2,(H,27,29)(H,30,31)/t18-/m0/s1. The number of carboxylic acids is 1. The number of hydrogen-bond acceptors (Lipinski definition) is 9. The van der Waals surface area contributed by atoms with Crippen LogP contribution in [0.15, 0.2) is 65.1 Å². The number of carbonyl (C=O) groups excluding carboxylic acids is 1. The molecule has 0 fully saturated rings. The highest BCUT2D eigenvalue weighted by atomic mass is 32.2. The molecule has 35 heavy (non-hydrogen) atoms. The molecule has 0 radical (unpaired) electrons. The van der Waals surface area contributed by atoms with Crippen molar-refractivity contribution in [2.75, 3.05) is 11.3 Å². The molecule has 13 heteroatoms. The minimum atomic E-state index is -4.03. The third-order valence-corrected chi connectivity index (χ3v) is 7.20. The molecule has 1 amide bonds. The van der Waals surface area contributed by atoms with Gasteiger partial charge in [-0.2, -0.15) is 0 Å². The molecule has 2 aromatic heterocycles. The number of carboxylic acid groups (broad SMARTS) is 1. The second-order valence-corrected chi connectivity index (χ2v) is 10.1. The van der Waals surface area contributed by atoms with Crippen LogP contribution in [-0.2, 0) is 14.8 Å². The second kappa shape index (κ2) is 11.9. The normalized spacial score (nSPS) is 12.3. The van der Waals surface area contributed by atoms with Gasteiger partial charge in [0.05, 0.1) is 10.6 Å². The number of thiophene rings is 1. The molecule has 0 aliphatic rings. The summed E-state index contributed by atoms with van der Waals surface area (Å²) in [4.78, 5) is 28.4. The summed E-state index contributed by atoms with van der Waals surface area (Å²) >= 11 is 0.995. The maximum atomic E-state index is 13.0. The Balaban J connectivity index is 1.73. The fraction of sp³-hybridized carbons (Fsp3) is 0.227. The SMILES string of the molecule is NC(N)NCCC[C@H](NC(=O)c1sccc1NS(=O)(=O)c1cccc(-c2ccncc2)c1)C(=O)O. The van der Waals surface area contributed by atoms with Crippen LogP contribution < -0.4 is 26.8 Å². The third kappa shape index (κ3) is 7.31. The maximum Gasteiger partial charge on any atom is 0.326 e. The molecule has 1 aromatic carbocycles. The van der Waals surface area contributed by atoms with E-state index in [-0.39, 0.29) is 21.9 Å². The van der Waals surface area contributed by atoms with Crippen LogP contribution in [0.5, 0.6) is 0 Å². The molecule has 0 saturated heterocycles. The van der Waals surface area contributed by atoms with Crippen LogP contribution in [0, 0.1) is 0 Å². The van der Waals surface area contributed by atoms with Crippen LogP contribution in [0.3, 0.4) is 0 Å². The van der Waals surface area contributed by atoms with Crippen molar-refractivity contribution in [2.24, 2.45) is 11.5 Å². The van der Waals surface area contributed by atoms with E-state index in [0.717, 1.165) is 16.9 Å². The molecule has 3 rings (SSSR count). The Hall–Kier alpha value is -3.36. The summed E-state index contributed by atoms with van der Waals surface area (Å²) < 4.78 is 28.5. The van der Waals surface area contributed by atoms with Crippen LogP contribution in [0.2, 0.25) is 0 Å². The lowest BCUT2D eigenvalue weighted by Gasteiger charge is -2.16. The molecular weight excluding hydrogens is 492 g/mol. The van der Waals surface area contributed by atoms with Gasteiger partial charge in [-0.1, -0.05) is 12.1 Å². The Morgan fingerprint density at radius 3 is 2.51 bits per heavy atom. The number of anilines is 1. The highest BCUT2D eigenvalue weighted by Crippen LogP contribution is 2.27. The molecule has 3 aromatic rings. The molecule has 0 saturated carbocycles. The van der Waals surface area contributed by atoms with E-state index >= 15 is 0 Å². The molecule has 0 aliphatic carbocycles. The summed E-state index contributed by atoms with van der Waals surface area (Å²) in [5.74, 6) is -1.90. The average molecular weight is 519 g/mol.